The molecule has 0 atom stereocenters. The van der Waals surface area contributed by atoms with E-state index in [4.69, 9.17) is 23.2 Å². The van der Waals surface area contributed by atoms with Gasteiger partial charge >= 0.3 is 0 Å². The number of likely N-dealkylation sites (N-methyl/N-ethyl adjacent to an activating group) is 1. The molecule has 0 unspecified atom stereocenters. The largest absolute Gasteiger partial charge is 0.342 e. The lowest BCUT2D eigenvalue weighted by molar-refractivity contribution is -0.124. The SMILES string of the molecule is CN(CCc1ccccn1)C(=O)/C=C/c1ccc(Cl)c(Cl)c1. The molecule has 0 saturated heterocycles. The third kappa shape index (κ3) is 4.86. The Morgan fingerprint density at radius 3 is 2.73 bits per heavy atom. The number of hydrogen-bond donors (Lipinski definition) is 0. The fourth-order valence-electron chi connectivity index (χ4n) is 1.85. The lowest BCUT2D eigenvalue weighted by atomic mass is 10.2. The fraction of sp³-hybridized carbons (Fsp3) is 0.176. The number of halogens is 2. The highest BCUT2D eigenvalue weighted by Crippen LogP contribution is 2.23. The summed E-state index contributed by atoms with van der Waals surface area (Å²) in [5.74, 6) is -0.0676. The molecule has 3 nitrogen and oxygen atoms in total. The molecule has 2 rings (SSSR count). The smallest absolute Gasteiger partial charge is 0.246 e. The first-order valence-corrected chi connectivity index (χ1v) is 7.60. The van der Waals surface area contributed by atoms with Gasteiger partial charge in [-0.3, -0.25) is 9.78 Å². The minimum absolute atomic E-state index is 0.0676. The van der Waals surface area contributed by atoms with Crippen molar-refractivity contribution in [1.82, 2.24) is 9.88 Å². The van der Waals surface area contributed by atoms with Crippen molar-refractivity contribution in [2.24, 2.45) is 0 Å². The molecule has 0 N–H and O–H groups in total. The maximum absolute atomic E-state index is 12.0. The molecular weight excluding hydrogens is 319 g/mol. The molecule has 1 amide bonds. The molecule has 0 aliphatic rings. The first-order chi connectivity index (χ1) is 10.6. The van der Waals surface area contributed by atoms with Crippen LogP contribution in [0.3, 0.4) is 0 Å². The lowest BCUT2D eigenvalue weighted by Crippen LogP contribution is -2.27. The van der Waals surface area contributed by atoms with E-state index in [2.05, 4.69) is 4.98 Å². The van der Waals surface area contributed by atoms with Gasteiger partial charge < -0.3 is 4.90 Å². The molecular formula is C17H16Cl2N2O. The second-order valence-corrected chi connectivity index (χ2v) is 5.65. The Morgan fingerprint density at radius 2 is 2.05 bits per heavy atom. The molecule has 0 aliphatic carbocycles. The number of benzene rings is 1. The van der Waals surface area contributed by atoms with Gasteiger partial charge in [-0.05, 0) is 35.9 Å². The summed E-state index contributed by atoms with van der Waals surface area (Å²) < 4.78 is 0. The van der Waals surface area contributed by atoms with Gasteiger partial charge in [-0.2, -0.15) is 0 Å². The van der Waals surface area contributed by atoms with Crippen LogP contribution in [-0.4, -0.2) is 29.4 Å². The van der Waals surface area contributed by atoms with Crippen LogP contribution < -0.4 is 0 Å². The summed E-state index contributed by atoms with van der Waals surface area (Å²) in [7, 11) is 1.77. The predicted molar refractivity (Wildman–Crippen MR) is 91.1 cm³/mol. The van der Waals surface area contributed by atoms with Gasteiger partial charge in [-0.15, -0.1) is 0 Å². The number of carbonyl (C=O) groups is 1. The summed E-state index contributed by atoms with van der Waals surface area (Å²) in [5.41, 5.74) is 1.80. The standard InChI is InChI=1S/C17H16Cl2N2O/c1-21(11-9-14-4-2-3-10-20-14)17(22)8-6-13-5-7-15(18)16(19)12-13/h2-8,10,12H,9,11H2,1H3/b8-6+. The van der Waals surface area contributed by atoms with E-state index < -0.39 is 0 Å². The van der Waals surface area contributed by atoms with Crippen molar-refractivity contribution in [3.63, 3.8) is 0 Å². The molecule has 0 saturated carbocycles. The van der Waals surface area contributed by atoms with E-state index in [0.717, 1.165) is 17.7 Å². The van der Waals surface area contributed by atoms with Crippen molar-refractivity contribution in [1.29, 1.82) is 0 Å². The predicted octanol–water partition coefficient (Wildman–Crippen LogP) is 4.10. The van der Waals surface area contributed by atoms with E-state index in [1.165, 1.54) is 6.08 Å². The van der Waals surface area contributed by atoms with Gasteiger partial charge in [-0.1, -0.05) is 35.3 Å². The Labute approximate surface area is 140 Å². The number of rotatable bonds is 5. The number of nitrogens with zero attached hydrogens (tertiary/aromatic N) is 2. The van der Waals surface area contributed by atoms with Crippen LogP contribution in [0.1, 0.15) is 11.3 Å². The van der Waals surface area contributed by atoms with Crippen molar-refractivity contribution in [2.75, 3.05) is 13.6 Å². The summed E-state index contributed by atoms with van der Waals surface area (Å²) in [5, 5.41) is 0.970. The van der Waals surface area contributed by atoms with Crippen LogP contribution in [0.4, 0.5) is 0 Å². The van der Waals surface area contributed by atoms with Gasteiger partial charge in [0.2, 0.25) is 5.91 Å². The van der Waals surface area contributed by atoms with Crippen LogP contribution in [0.15, 0.2) is 48.7 Å². The van der Waals surface area contributed by atoms with Crippen molar-refractivity contribution >= 4 is 35.2 Å². The molecule has 1 heterocycles. The molecule has 0 radical (unpaired) electrons. The van der Waals surface area contributed by atoms with Crippen LogP contribution in [0.5, 0.6) is 0 Å². The van der Waals surface area contributed by atoms with Crippen LogP contribution in [0, 0.1) is 0 Å². The highest BCUT2D eigenvalue weighted by atomic mass is 35.5. The Balaban J connectivity index is 1.90. The summed E-state index contributed by atoms with van der Waals surface area (Å²) in [6.45, 7) is 0.613. The second-order valence-electron chi connectivity index (χ2n) is 4.84. The third-order valence-corrected chi connectivity index (χ3v) is 3.91. The zero-order chi connectivity index (χ0) is 15.9. The molecule has 5 heteroatoms. The molecule has 114 valence electrons. The third-order valence-electron chi connectivity index (χ3n) is 3.17. The quantitative estimate of drug-likeness (QED) is 0.771. The number of pyridine rings is 1. The Morgan fingerprint density at radius 1 is 1.23 bits per heavy atom. The van der Waals surface area contributed by atoms with Crippen molar-refractivity contribution in [3.05, 3.63) is 70.0 Å². The summed E-state index contributed by atoms with van der Waals surface area (Å²) in [4.78, 5) is 17.9. The number of carbonyl (C=O) groups excluding carboxylic acids is 1. The van der Waals surface area contributed by atoms with E-state index in [1.807, 2.05) is 24.3 Å². The maximum Gasteiger partial charge on any atom is 0.246 e. The second kappa shape index (κ2) is 7.97. The average Bonchev–Trinajstić information content (AvgIpc) is 2.54. The van der Waals surface area contributed by atoms with E-state index in [-0.39, 0.29) is 5.91 Å². The monoisotopic (exact) mass is 334 g/mol. The Hall–Kier alpha value is -1.84. The topological polar surface area (TPSA) is 33.2 Å². The van der Waals surface area contributed by atoms with Gasteiger partial charge in [0, 0.05) is 38.0 Å². The normalized spacial score (nSPS) is 10.9. The zero-order valence-corrected chi connectivity index (χ0v) is 13.7. The minimum atomic E-state index is -0.0676. The molecule has 1 aromatic heterocycles. The average molecular weight is 335 g/mol. The van der Waals surface area contributed by atoms with Gasteiger partial charge in [-0.25, -0.2) is 0 Å². The Bertz CT molecular complexity index is 672. The lowest BCUT2D eigenvalue weighted by Gasteiger charge is -2.14. The molecule has 22 heavy (non-hydrogen) atoms. The van der Waals surface area contributed by atoms with Crippen molar-refractivity contribution < 1.29 is 4.79 Å². The summed E-state index contributed by atoms with van der Waals surface area (Å²) >= 11 is 11.8. The maximum atomic E-state index is 12.0. The molecule has 0 bridgehead atoms. The zero-order valence-electron chi connectivity index (χ0n) is 12.2. The van der Waals surface area contributed by atoms with Crippen molar-refractivity contribution in [2.45, 2.75) is 6.42 Å². The van der Waals surface area contributed by atoms with E-state index in [0.29, 0.717) is 16.6 Å². The van der Waals surface area contributed by atoms with E-state index in [1.54, 1.807) is 36.4 Å². The van der Waals surface area contributed by atoms with Gasteiger partial charge in [0.1, 0.15) is 0 Å². The van der Waals surface area contributed by atoms with Crippen LogP contribution >= 0.6 is 23.2 Å². The molecule has 0 spiro atoms. The summed E-state index contributed by atoms with van der Waals surface area (Å²) in [6, 6.07) is 11.0. The van der Waals surface area contributed by atoms with Crippen LogP contribution in [-0.2, 0) is 11.2 Å². The number of aromatic nitrogens is 1. The first kappa shape index (κ1) is 16.5. The van der Waals surface area contributed by atoms with E-state index >= 15 is 0 Å². The highest BCUT2D eigenvalue weighted by Gasteiger charge is 2.05. The first-order valence-electron chi connectivity index (χ1n) is 6.84. The fourth-order valence-corrected chi connectivity index (χ4v) is 2.16. The van der Waals surface area contributed by atoms with Gasteiger partial charge in [0.05, 0.1) is 10.0 Å². The number of hydrogen-bond acceptors (Lipinski definition) is 2. The molecule has 2 aromatic rings. The highest BCUT2D eigenvalue weighted by molar-refractivity contribution is 6.42. The van der Waals surface area contributed by atoms with Crippen molar-refractivity contribution in [3.8, 4) is 0 Å². The van der Waals surface area contributed by atoms with Crippen LogP contribution in [0.2, 0.25) is 10.0 Å². The molecule has 0 fully saturated rings. The number of amides is 1. The van der Waals surface area contributed by atoms with Gasteiger partial charge in [0.25, 0.3) is 0 Å². The molecule has 0 aliphatic heterocycles. The summed E-state index contributed by atoms with van der Waals surface area (Å²) in [6.07, 6.45) is 5.73. The minimum Gasteiger partial charge on any atom is -0.342 e. The van der Waals surface area contributed by atoms with Gasteiger partial charge in [0.15, 0.2) is 0 Å². The van der Waals surface area contributed by atoms with E-state index in [9.17, 15) is 4.79 Å². The van der Waals surface area contributed by atoms with Crippen LogP contribution in [0.25, 0.3) is 6.08 Å². The Kier molecular flexibility index (Phi) is 5.99. The molecule has 1 aromatic carbocycles.